The van der Waals surface area contributed by atoms with Gasteiger partial charge in [-0.15, -0.1) is 0 Å². The van der Waals surface area contributed by atoms with E-state index in [9.17, 15) is 15.0 Å². The summed E-state index contributed by atoms with van der Waals surface area (Å²) in [7, 11) is 0. The lowest BCUT2D eigenvalue weighted by atomic mass is 9.86. The number of ketones is 1. The van der Waals surface area contributed by atoms with Gasteiger partial charge in [0.2, 0.25) is 0 Å². The van der Waals surface area contributed by atoms with Gasteiger partial charge in [0, 0.05) is 5.56 Å². The molecular weight excluding hydrogens is 252 g/mol. The van der Waals surface area contributed by atoms with Gasteiger partial charge >= 0.3 is 0 Å². The monoisotopic (exact) mass is 270 g/mol. The van der Waals surface area contributed by atoms with E-state index in [-0.39, 0.29) is 28.3 Å². The van der Waals surface area contributed by atoms with E-state index in [0.717, 1.165) is 5.56 Å². The second kappa shape index (κ2) is 5.00. The Kier molecular flexibility index (Phi) is 3.53. The molecule has 2 aromatic rings. The Bertz CT molecular complexity index is 634. The molecule has 0 atom stereocenters. The lowest BCUT2D eigenvalue weighted by Gasteiger charge is -2.19. The summed E-state index contributed by atoms with van der Waals surface area (Å²) in [6.07, 6.45) is 0. The van der Waals surface area contributed by atoms with E-state index in [0.29, 0.717) is 5.56 Å². The zero-order chi connectivity index (χ0) is 14.9. The molecule has 0 aliphatic heterocycles. The fourth-order valence-corrected chi connectivity index (χ4v) is 1.99. The van der Waals surface area contributed by atoms with Gasteiger partial charge in [0.1, 0.15) is 0 Å². The summed E-state index contributed by atoms with van der Waals surface area (Å²) in [5.41, 5.74) is 1.75. The van der Waals surface area contributed by atoms with Crippen molar-refractivity contribution in [2.75, 3.05) is 0 Å². The summed E-state index contributed by atoms with van der Waals surface area (Å²) < 4.78 is 0. The predicted molar refractivity (Wildman–Crippen MR) is 78.3 cm³/mol. The largest absolute Gasteiger partial charge is 0.504 e. The molecule has 3 heteroatoms. The summed E-state index contributed by atoms with van der Waals surface area (Å²) in [6, 6.07) is 11.7. The molecule has 0 amide bonds. The minimum absolute atomic E-state index is 0.0226. The lowest BCUT2D eigenvalue weighted by Crippen LogP contribution is -2.11. The van der Waals surface area contributed by atoms with Crippen LogP contribution in [0.15, 0.2) is 42.5 Å². The Morgan fingerprint density at radius 1 is 0.950 bits per heavy atom. The van der Waals surface area contributed by atoms with Gasteiger partial charge in [0.25, 0.3) is 0 Å². The molecule has 0 bridgehead atoms. The molecule has 0 fully saturated rings. The molecular formula is C17H18O3. The molecule has 2 aromatic carbocycles. The van der Waals surface area contributed by atoms with Crippen LogP contribution in [0.3, 0.4) is 0 Å². The highest BCUT2D eigenvalue weighted by molar-refractivity contribution is 6.11. The highest BCUT2D eigenvalue weighted by Gasteiger charge is 2.17. The first-order chi connectivity index (χ1) is 9.30. The first-order valence-corrected chi connectivity index (χ1v) is 6.47. The van der Waals surface area contributed by atoms with Gasteiger partial charge in [-0.3, -0.25) is 4.79 Å². The van der Waals surface area contributed by atoms with Crippen molar-refractivity contribution in [2.24, 2.45) is 0 Å². The van der Waals surface area contributed by atoms with Crippen molar-refractivity contribution in [1.82, 2.24) is 0 Å². The maximum absolute atomic E-state index is 12.3. The SMILES string of the molecule is CC(C)(C)c1ccc(C(=O)c2cccc(O)c2O)cc1. The van der Waals surface area contributed by atoms with E-state index < -0.39 is 0 Å². The van der Waals surface area contributed by atoms with Gasteiger partial charge in [0.15, 0.2) is 17.3 Å². The lowest BCUT2D eigenvalue weighted by molar-refractivity contribution is 0.103. The minimum Gasteiger partial charge on any atom is -0.504 e. The Morgan fingerprint density at radius 3 is 2.10 bits per heavy atom. The van der Waals surface area contributed by atoms with E-state index in [1.807, 2.05) is 12.1 Å². The molecule has 2 N–H and O–H groups in total. The Balaban J connectivity index is 2.37. The van der Waals surface area contributed by atoms with Crippen molar-refractivity contribution in [3.05, 3.63) is 59.2 Å². The van der Waals surface area contributed by atoms with Crippen LogP contribution in [0.2, 0.25) is 0 Å². The van der Waals surface area contributed by atoms with Crippen LogP contribution in [0.5, 0.6) is 11.5 Å². The Morgan fingerprint density at radius 2 is 1.55 bits per heavy atom. The van der Waals surface area contributed by atoms with Crippen LogP contribution in [0.4, 0.5) is 0 Å². The third-order valence-corrected chi connectivity index (χ3v) is 3.27. The number of carbonyl (C=O) groups is 1. The highest BCUT2D eigenvalue weighted by atomic mass is 16.3. The number of hydrogen-bond donors (Lipinski definition) is 2. The first-order valence-electron chi connectivity index (χ1n) is 6.47. The molecule has 0 saturated heterocycles. The van der Waals surface area contributed by atoms with E-state index in [1.54, 1.807) is 12.1 Å². The van der Waals surface area contributed by atoms with Crippen LogP contribution < -0.4 is 0 Å². The predicted octanol–water partition coefficient (Wildman–Crippen LogP) is 3.63. The van der Waals surface area contributed by atoms with Crippen LogP contribution in [-0.4, -0.2) is 16.0 Å². The highest BCUT2D eigenvalue weighted by Crippen LogP contribution is 2.30. The number of phenolic OH excluding ortho intramolecular Hbond substituents is 2. The van der Waals surface area contributed by atoms with Gasteiger partial charge in [-0.05, 0) is 23.1 Å². The molecule has 20 heavy (non-hydrogen) atoms. The first kappa shape index (κ1) is 14.1. The summed E-state index contributed by atoms with van der Waals surface area (Å²) >= 11 is 0. The molecule has 0 radical (unpaired) electrons. The normalized spacial score (nSPS) is 11.3. The van der Waals surface area contributed by atoms with Gasteiger partial charge in [0.05, 0.1) is 5.56 Å². The average Bonchev–Trinajstić information content (AvgIpc) is 2.40. The second-order valence-electron chi connectivity index (χ2n) is 5.83. The average molecular weight is 270 g/mol. The van der Waals surface area contributed by atoms with Crippen LogP contribution >= 0.6 is 0 Å². The van der Waals surface area contributed by atoms with Crippen molar-refractivity contribution in [2.45, 2.75) is 26.2 Å². The molecule has 0 aliphatic rings. The zero-order valence-electron chi connectivity index (χ0n) is 11.8. The smallest absolute Gasteiger partial charge is 0.196 e. The standard InChI is InChI=1S/C17H18O3/c1-17(2,3)12-9-7-11(8-10-12)15(19)13-5-4-6-14(18)16(13)20/h4-10,18,20H,1-3H3. The van der Waals surface area contributed by atoms with Crippen molar-refractivity contribution in [3.63, 3.8) is 0 Å². The van der Waals surface area contributed by atoms with E-state index >= 15 is 0 Å². The number of hydrogen-bond acceptors (Lipinski definition) is 3. The van der Waals surface area contributed by atoms with Crippen molar-refractivity contribution in [3.8, 4) is 11.5 Å². The van der Waals surface area contributed by atoms with Crippen molar-refractivity contribution in [1.29, 1.82) is 0 Å². The number of aromatic hydroxyl groups is 2. The van der Waals surface area contributed by atoms with Gasteiger partial charge in [-0.25, -0.2) is 0 Å². The van der Waals surface area contributed by atoms with E-state index in [2.05, 4.69) is 20.8 Å². The molecule has 0 saturated carbocycles. The molecule has 0 aromatic heterocycles. The van der Waals surface area contributed by atoms with Crippen LogP contribution in [0.1, 0.15) is 42.3 Å². The number of benzene rings is 2. The van der Waals surface area contributed by atoms with Crippen LogP contribution in [0.25, 0.3) is 0 Å². The maximum Gasteiger partial charge on any atom is 0.196 e. The molecule has 0 heterocycles. The molecule has 104 valence electrons. The number of phenols is 2. The van der Waals surface area contributed by atoms with E-state index in [4.69, 9.17) is 0 Å². The van der Waals surface area contributed by atoms with Crippen LogP contribution in [-0.2, 0) is 5.41 Å². The van der Waals surface area contributed by atoms with Crippen molar-refractivity contribution < 1.29 is 15.0 Å². The minimum atomic E-state index is -0.377. The summed E-state index contributed by atoms with van der Waals surface area (Å²) in [4.78, 5) is 12.3. The zero-order valence-corrected chi connectivity index (χ0v) is 11.8. The summed E-state index contributed by atoms with van der Waals surface area (Å²) in [5, 5.41) is 19.2. The maximum atomic E-state index is 12.3. The summed E-state index contributed by atoms with van der Waals surface area (Å²) in [5.74, 6) is -0.974. The Labute approximate surface area is 118 Å². The molecule has 0 spiro atoms. The van der Waals surface area contributed by atoms with E-state index in [1.165, 1.54) is 18.2 Å². The fraction of sp³-hybridized carbons (Fsp3) is 0.235. The number of rotatable bonds is 2. The topological polar surface area (TPSA) is 57.5 Å². The molecule has 0 unspecified atom stereocenters. The van der Waals surface area contributed by atoms with Gasteiger partial charge < -0.3 is 10.2 Å². The number of carbonyl (C=O) groups excluding carboxylic acids is 1. The molecule has 3 nitrogen and oxygen atoms in total. The second-order valence-corrected chi connectivity index (χ2v) is 5.83. The van der Waals surface area contributed by atoms with Gasteiger partial charge in [-0.2, -0.15) is 0 Å². The summed E-state index contributed by atoms with van der Waals surface area (Å²) in [6.45, 7) is 6.31. The molecule has 0 aliphatic carbocycles. The third-order valence-electron chi connectivity index (χ3n) is 3.27. The van der Waals surface area contributed by atoms with Crippen molar-refractivity contribution >= 4 is 5.78 Å². The quantitative estimate of drug-likeness (QED) is 0.647. The number of para-hydroxylation sites is 1. The van der Waals surface area contributed by atoms with Crippen LogP contribution in [0, 0.1) is 0 Å². The molecule has 2 rings (SSSR count). The van der Waals surface area contributed by atoms with Gasteiger partial charge in [-0.1, -0.05) is 51.1 Å². The third kappa shape index (κ3) is 2.67. The Hall–Kier alpha value is -2.29. The fourth-order valence-electron chi connectivity index (χ4n) is 1.99.